The lowest BCUT2D eigenvalue weighted by Gasteiger charge is -2.44. The first-order chi connectivity index (χ1) is 24.1. The van der Waals surface area contributed by atoms with Gasteiger partial charge in [0.15, 0.2) is 5.78 Å². The molecular weight excluding hydrogens is 661 g/mol. The average molecular weight is 707 g/mol. The van der Waals surface area contributed by atoms with Crippen LogP contribution in [0.3, 0.4) is 0 Å². The van der Waals surface area contributed by atoms with Gasteiger partial charge in [0.2, 0.25) is 0 Å². The second kappa shape index (κ2) is 14.1. The van der Waals surface area contributed by atoms with Gasteiger partial charge in [-0.05, 0) is 71.2 Å². The number of rotatable bonds is 9. The van der Waals surface area contributed by atoms with Gasteiger partial charge in [0.25, 0.3) is 8.32 Å². The molecule has 2 fully saturated rings. The summed E-state index contributed by atoms with van der Waals surface area (Å²) in [6.07, 6.45) is 1.32. The molecule has 4 aromatic carbocycles. The highest BCUT2D eigenvalue weighted by atomic mass is 32.2. The van der Waals surface area contributed by atoms with Crippen molar-refractivity contribution in [2.24, 2.45) is 5.92 Å². The lowest BCUT2D eigenvalue weighted by molar-refractivity contribution is -0.135. The van der Waals surface area contributed by atoms with Crippen LogP contribution in [0, 0.1) is 5.92 Å². The number of fused-ring (bicyclic) bond motifs is 3. The number of ether oxygens (including phenoxy) is 4. The molecule has 8 heteroatoms. The van der Waals surface area contributed by atoms with Crippen molar-refractivity contribution in [3.8, 4) is 11.5 Å². The highest BCUT2D eigenvalue weighted by molar-refractivity contribution is 8.01. The molecule has 0 unspecified atom stereocenters. The quantitative estimate of drug-likeness (QED) is 0.166. The van der Waals surface area contributed by atoms with Crippen LogP contribution in [-0.2, 0) is 18.7 Å². The fourth-order valence-corrected chi connectivity index (χ4v) is 13.7. The Morgan fingerprint density at radius 1 is 0.820 bits per heavy atom. The Kier molecular flexibility index (Phi) is 9.74. The molecule has 0 aromatic heterocycles. The van der Waals surface area contributed by atoms with Crippen molar-refractivity contribution >= 4 is 36.2 Å². The topological polar surface area (TPSA) is 63.2 Å². The zero-order chi connectivity index (χ0) is 34.9. The van der Waals surface area contributed by atoms with E-state index in [2.05, 4.69) is 99.6 Å². The molecule has 7 rings (SSSR count). The first kappa shape index (κ1) is 34.6. The van der Waals surface area contributed by atoms with E-state index < -0.39 is 37.5 Å². The van der Waals surface area contributed by atoms with Gasteiger partial charge in [-0.25, -0.2) is 0 Å². The maximum atomic E-state index is 15.0. The second-order valence-corrected chi connectivity index (χ2v) is 20.3. The lowest BCUT2D eigenvalue weighted by Crippen LogP contribution is -2.67. The summed E-state index contributed by atoms with van der Waals surface area (Å²) >= 11 is 1.56. The smallest absolute Gasteiger partial charge is 0.262 e. The minimum Gasteiger partial charge on any atom is -0.497 e. The summed E-state index contributed by atoms with van der Waals surface area (Å²) in [6, 6.07) is 39.0. The van der Waals surface area contributed by atoms with E-state index in [-0.39, 0.29) is 16.7 Å². The monoisotopic (exact) mass is 706 g/mol. The maximum absolute atomic E-state index is 15.0. The first-order valence-electron chi connectivity index (χ1n) is 17.5. The fraction of sp³-hybridized carbons (Fsp3) is 0.357. The molecule has 0 radical (unpaired) electrons. The normalized spacial score (nSPS) is 26.5. The van der Waals surface area contributed by atoms with Crippen LogP contribution in [0.25, 0.3) is 0 Å². The van der Waals surface area contributed by atoms with E-state index in [0.29, 0.717) is 25.2 Å². The molecule has 4 aromatic rings. The third kappa shape index (κ3) is 6.43. The Labute approximate surface area is 301 Å². The first-order valence-corrected chi connectivity index (χ1v) is 20.2. The lowest BCUT2D eigenvalue weighted by atomic mass is 9.83. The third-order valence-corrected chi connectivity index (χ3v) is 16.9. The fourth-order valence-electron chi connectivity index (χ4n) is 7.82. The predicted octanol–water partition coefficient (Wildman–Crippen LogP) is 7.60. The summed E-state index contributed by atoms with van der Waals surface area (Å²) in [5, 5.41) is 2.15. The molecule has 2 bridgehead atoms. The molecule has 6 atom stereocenters. The van der Waals surface area contributed by atoms with Crippen LogP contribution in [0.5, 0.6) is 11.5 Å². The van der Waals surface area contributed by atoms with E-state index in [4.69, 9.17) is 23.4 Å². The SMILES string of the molecule is COc1ccc(O[C@@H]2C=C3O[C@H](C[C@H]3O[Si](c3ccccc3)(c3ccccc3)C(C)(C)C)[C@@](C)(Sc3ccccc3)C(=O)[C@H]3OCC[C@@H]32)cc1. The Bertz CT molecular complexity index is 1750. The van der Waals surface area contributed by atoms with Crippen molar-refractivity contribution in [1.82, 2.24) is 0 Å². The van der Waals surface area contributed by atoms with Crippen LogP contribution in [0.1, 0.15) is 40.5 Å². The van der Waals surface area contributed by atoms with Crippen LogP contribution in [0.4, 0.5) is 0 Å². The number of Topliss-reactive ketones (excluding diaryl/α,β-unsaturated/α-hetero) is 1. The average Bonchev–Trinajstić information content (AvgIpc) is 3.79. The number of hydrogen-bond donors (Lipinski definition) is 0. The molecule has 0 aliphatic carbocycles. The van der Waals surface area contributed by atoms with Crippen molar-refractivity contribution in [2.75, 3.05) is 13.7 Å². The van der Waals surface area contributed by atoms with Gasteiger partial charge in [0, 0.05) is 23.8 Å². The van der Waals surface area contributed by atoms with Gasteiger partial charge in [0.1, 0.15) is 46.4 Å². The molecule has 3 aliphatic rings. The Balaban J connectivity index is 1.37. The van der Waals surface area contributed by atoms with Crippen molar-refractivity contribution < 1.29 is 28.2 Å². The Hall–Kier alpha value is -3.82. The summed E-state index contributed by atoms with van der Waals surface area (Å²) in [5.74, 6) is 1.98. The van der Waals surface area contributed by atoms with E-state index in [1.807, 2.05) is 49.4 Å². The molecule has 6 nitrogen and oxygen atoms in total. The van der Waals surface area contributed by atoms with Crippen molar-refractivity contribution in [1.29, 1.82) is 0 Å². The predicted molar refractivity (Wildman–Crippen MR) is 201 cm³/mol. The molecule has 0 N–H and O–H groups in total. The summed E-state index contributed by atoms with van der Waals surface area (Å²) in [6.45, 7) is 9.38. The van der Waals surface area contributed by atoms with Crippen molar-refractivity contribution in [3.63, 3.8) is 0 Å². The Morgan fingerprint density at radius 3 is 1.98 bits per heavy atom. The third-order valence-electron chi connectivity index (χ3n) is 10.4. The number of carbonyl (C=O) groups is 1. The molecule has 50 heavy (non-hydrogen) atoms. The molecule has 0 saturated carbocycles. The zero-order valence-corrected chi connectivity index (χ0v) is 31.2. The van der Waals surface area contributed by atoms with Crippen LogP contribution in [0.2, 0.25) is 5.04 Å². The minimum atomic E-state index is -2.98. The molecule has 3 heterocycles. The van der Waals surface area contributed by atoms with Gasteiger partial charge in [-0.2, -0.15) is 0 Å². The van der Waals surface area contributed by atoms with Crippen LogP contribution < -0.4 is 19.8 Å². The van der Waals surface area contributed by atoms with Crippen LogP contribution in [0.15, 0.2) is 132 Å². The highest BCUT2D eigenvalue weighted by Gasteiger charge is 2.59. The van der Waals surface area contributed by atoms with E-state index >= 15 is 0 Å². The van der Waals surface area contributed by atoms with Crippen LogP contribution >= 0.6 is 11.8 Å². The van der Waals surface area contributed by atoms with Gasteiger partial charge in [-0.3, -0.25) is 4.79 Å². The second-order valence-electron chi connectivity index (χ2n) is 14.6. The maximum Gasteiger partial charge on any atom is 0.262 e. The summed E-state index contributed by atoms with van der Waals surface area (Å²) in [7, 11) is -1.33. The number of methoxy groups -OCH3 is 1. The number of benzene rings is 4. The highest BCUT2D eigenvalue weighted by Crippen LogP contribution is 2.49. The molecule has 0 amide bonds. The largest absolute Gasteiger partial charge is 0.497 e. The molecule has 2 saturated heterocycles. The van der Waals surface area contributed by atoms with Gasteiger partial charge < -0.3 is 23.4 Å². The summed E-state index contributed by atoms with van der Waals surface area (Å²) in [5.41, 5.74) is 0. The van der Waals surface area contributed by atoms with E-state index in [9.17, 15) is 4.79 Å². The minimum absolute atomic E-state index is 0.0305. The standard InChI is InChI=1S/C42H46O6SSi/c1-41(2,3)50(32-17-11-7-12-18-32,33-19-13-8-14-20-33)48-37-28-38-42(4,49-31-15-9-6-10-16-31)40(43)39-34(25-26-45-39)35(27-36(37)47-38)46-30-23-21-29(44-5)22-24-30/h6-24,27,34-35,37-39H,25-26,28H2,1-5H3/t34-,35-,37-,38-,39+,42-/m1/s1. The van der Waals surface area contributed by atoms with E-state index in [1.54, 1.807) is 18.9 Å². The number of ketones is 1. The van der Waals surface area contributed by atoms with E-state index in [1.165, 1.54) is 10.4 Å². The van der Waals surface area contributed by atoms with Gasteiger partial charge >= 0.3 is 0 Å². The molecule has 3 aliphatic heterocycles. The van der Waals surface area contributed by atoms with Gasteiger partial charge in [-0.1, -0.05) is 99.6 Å². The number of thioether (sulfide) groups is 1. The molecule has 260 valence electrons. The van der Waals surface area contributed by atoms with Crippen LogP contribution in [-0.4, -0.2) is 57.0 Å². The molecular formula is C42H46O6SSi. The summed E-state index contributed by atoms with van der Waals surface area (Å²) in [4.78, 5) is 16.0. The number of carbonyl (C=O) groups excluding carboxylic acids is 1. The Morgan fingerprint density at radius 2 is 1.40 bits per heavy atom. The van der Waals surface area contributed by atoms with Gasteiger partial charge in [-0.15, -0.1) is 11.8 Å². The van der Waals surface area contributed by atoms with Gasteiger partial charge in [0.05, 0.1) is 7.11 Å². The molecule has 0 spiro atoms. The zero-order valence-electron chi connectivity index (χ0n) is 29.4. The number of hydrogen-bond acceptors (Lipinski definition) is 7. The van der Waals surface area contributed by atoms with Crippen molar-refractivity contribution in [2.45, 2.75) is 79.6 Å². The summed E-state index contributed by atoms with van der Waals surface area (Å²) < 4.78 is 32.3. The van der Waals surface area contributed by atoms with E-state index in [0.717, 1.165) is 16.4 Å². The van der Waals surface area contributed by atoms with Crippen molar-refractivity contribution in [3.05, 3.63) is 127 Å².